The summed E-state index contributed by atoms with van der Waals surface area (Å²) in [6.07, 6.45) is 3.04. The number of amides is 1. The number of rotatable bonds is 4. The van der Waals surface area contributed by atoms with Crippen molar-refractivity contribution in [1.82, 2.24) is 15.1 Å². The maximum absolute atomic E-state index is 13.5. The van der Waals surface area contributed by atoms with Gasteiger partial charge < -0.3 is 14.5 Å². The summed E-state index contributed by atoms with van der Waals surface area (Å²) in [5, 5.41) is 13.1. The molecule has 2 aliphatic heterocycles. The van der Waals surface area contributed by atoms with Gasteiger partial charge in [0, 0.05) is 41.4 Å². The van der Waals surface area contributed by atoms with Crippen molar-refractivity contribution in [2.45, 2.75) is 25.4 Å². The first-order valence-electron chi connectivity index (χ1n) is 10.8. The maximum atomic E-state index is 13.5. The molecule has 0 spiro atoms. The van der Waals surface area contributed by atoms with Gasteiger partial charge in [0.05, 0.1) is 30.6 Å². The average Bonchev–Trinajstić information content (AvgIpc) is 3.37. The number of hydrogen-bond donors (Lipinski definition) is 1. The molecule has 3 aromatic rings. The van der Waals surface area contributed by atoms with Crippen molar-refractivity contribution in [3.05, 3.63) is 64.8 Å². The van der Waals surface area contributed by atoms with E-state index < -0.39 is 5.60 Å². The Balaban J connectivity index is 1.30. The van der Waals surface area contributed by atoms with Crippen molar-refractivity contribution in [2.24, 2.45) is 11.1 Å². The highest BCUT2D eigenvalue weighted by Crippen LogP contribution is 2.32. The van der Waals surface area contributed by atoms with E-state index in [4.69, 9.17) is 21.2 Å². The zero-order chi connectivity index (χ0) is 22.1. The fraction of sp³-hybridized carbons (Fsp3) is 0.375. The van der Waals surface area contributed by atoms with Crippen molar-refractivity contribution < 1.29 is 14.4 Å². The van der Waals surface area contributed by atoms with E-state index in [0.29, 0.717) is 43.5 Å². The molecule has 7 nitrogen and oxygen atoms in total. The molecule has 1 amide bonds. The second-order valence-electron chi connectivity index (χ2n) is 8.66. The first-order chi connectivity index (χ1) is 15.5. The summed E-state index contributed by atoms with van der Waals surface area (Å²) in [5.74, 6) is 0.108. The Morgan fingerprint density at radius 3 is 3.03 bits per heavy atom. The van der Waals surface area contributed by atoms with E-state index in [1.165, 1.54) is 5.56 Å². The lowest BCUT2D eigenvalue weighted by molar-refractivity contribution is -0.153. The fourth-order valence-electron chi connectivity index (χ4n) is 4.54. The van der Waals surface area contributed by atoms with Gasteiger partial charge in [-0.3, -0.25) is 9.89 Å². The summed E-state index contributed by atoms with van der Waals surface area (Å²) in [7, 11) is 0. The van der Waals surface area contributed by atoms with Gasteiger partial charge in [0.25, 0.3) is 5.91 Å². The van der Waals surface area contributed by atoms with E-state index in [1.54, 1.807) is 6.92 Å². The number of aromatic nitrogens is 2. The van der Waals surface area contributed by atoms with Crippen LogP contribution >= 0.6 is 11.6 Å². The minimum Gasteiger partial charge on any atom is -0.379 e. The SMILES string of the molecule is C[C@]1(C(=O)N2CCOC[C@@H](Cc3cccc4[nH]ncc34)C2)CC(c2ccccc2Cl)=NO1. The summed E-state index contributed by atoms with van der Waals surface area (Å²) in [6.45, 7) is 4.05. The number of nitrogens with zero attached hydrogens (tertiary/aromatic N) is 3. The van der Waals surface area contributed by atoms with Crippen LogP contribution in [0.25, 0.3) is 10.9 Å². The third kappa shape index (κ3) is 3.98. The topological polar surface area (TPSA) is 79.8 Å². The minimum atomic E-state index is -1.05. The molecule has 1 aromatic heterocycles. The molecular weight excluding hydrogens is 428 g/mol. The van der Waals surface area contributed by atoms with Crippen LogP contribution in [-0.2, 0) is 20.8 Å². The van der Waals surface area contributed by atoms with E-state index in [9.17, 15) is 4.79 Å². The molecule has 5 rings (SSSR count). The standard InChI is InChI=1S/C24H25ClN4O3/c1-24(12-22(28-32-24)18-6-2-3-7-20(18)25)23(30)29-9-10-31-15-16(14-29)11-17-5-4-8-21-19(17)13-26-27-21/h2-8,13,16H,9-12,14-15H2,1H3,(H,26,27)/t16-,24+/m0/s1. The number of fused-ring (bicyclic) bond motifs is 1. The van der Waals surface area contributed by atoms with E-state index in [2.05, 4.69) is 21.4 Å². The van der Waals surface area contributed by atoms with Gasteiger partial charge in [-0.15, -0.1) is 0 Å². The highest BCUT2D eigenvalue weighted by atomic mass is 35.5. The van der Waals surface area contributed by atoms with Crippen LogP contribution in [-0.4, -0.2) is 58.6 Å². The van der Waals surface area contributed by atoms with Crippen LogP contribution in [0, 0.1) is 5.92 Å². The number of halogens is 1. The Bertz CT molecular complexity index is 1180. The van der Waals surface area contributed by atoms with Crippen LogP contribution in [0.1, 0.15) is 24.5 Å². The summed E-state index contributed by atoms with van der Waals surface area (Å²) in [4.78, 5) is 21.1. The number of benzene rings is 2. The van der Waals surface area contributed by atoms with Gasteiger partial charge in [-0.2, -0.15) is 5.10 Å². The van der Waals surface area contributed by atoms with Gasteiger partial charge in [0.2, 0.25) is 5.60 Å². The summed E-state index contributed by atoms with van der Waals surface area (Å²) in [6, 6.07) is 13.6. The highest BCUT2D eigenvalue weighted by molar-refractivity contribution is 6.34. The smallest absolute Gasteiger partial charge is 0.269 e. The van der Waals surface area contributed by atoms with Crippen LogP contribution in [0.3, 0.4) is 0 Å². The number of aromatic amines is 1. The molecule has 0 radical (unpaired) electrons. The quantitative estimate of drug-likeness (QED) is 0.652. The molecule has 1 N–H and O–H groups in total. The van der Waals surface area contributed by atoms with Crippen molar-refractivity contribution in [1.29, 1.82) is 0 Å². The Hall–Kier alpha value is -2.90. The molecule has 8 heteroatoms. The van der Waals surface area contributed by atoms with Gasteiger partial charge in [0.15, 0.2) is 0 Å². The predicted molar refractivity (Wildman–Crippen MR) is 123 cm³/mol. The molecule has 166 valence electrons. The third-order valence-electron chi connectivity index (χ3n) is 6.21. The molecule has 0 unspecified atom stereocenters. The van der Waals surface area contributed by atoms with E-state index >= 15 is 0 Å². The Kier molecular flexibility index (Phi) is 5.61. The van der Waals surface area contributed by atoms with E-state index in [1.807, 2.05) is 47.5 Å². The summed E-state index contributed by atoms with van der Waals surface area (Å²) >= 11 is 6.32. The monoisotopic (exact) mass is 452 g/mol. The maximum Gasteiger partial charge on any atom is 0.269 e. The molecular formula is C24H25ClN4O3. The van der Waals surface area contributed by atoms with Crippen LogP contribution in [0.2, 0.25) is 5.02 Å². The third-order valence-corrected chi connectivity index (χ3v) is 6.54. The number of nitrogens with one attached hydrogen (secondary N) is 1. The summed E-state index contributed by atoms with van der Waals surface area (Å²) in [5.41, 5.74) is 2.66. The minimum absolute atomic E-state index is 0.0691. The van der Waals surface area contributed by atoms with Crippen LogP contribution < -0.4 is 0 Å². The van der Waals surface area contributed by atoms with Crippen molar-refractivity contribution >= 4 is 34.1 Å². The molecule has 2 aromatic carbocycles. The van der Waals surface area contributed by atoms with Crippen LogP contribution in [0.5, 0.6) is 0 Å². The Labute approximate surface area is 191 Å². The fourth-order valence-corrected chi connectivity index (χ4v) is 4.78. The molecule has 2 atom stereocenters. The van der Waals surface area contributed by atoms with E-state index in [0.717, 1.165) is 22.9 Å². The zero-order valence-electron chi connectivity index (χ0n) is 17.9. The van der Waals surface area contributed by atoms with Crippen molar-refractivity contribution in [2.75, 3.05) is 26.3 Å². The number of oxime groups is 1. The Morgan fingerprint density at radius 2 is 2.16 bits per heavy atom. The second-order valence-corrected chi connectivity index (χ2v) is 9.07. The molecule has 0 saturated carbocycles. The molecule has 3 heterocycles. The molecule has 0 bridgehead atoms. The van der Waals surface area contributed by atoms with Gasteiger partial charge >= 0.3 is 0 Å². The normalized spacial score (nSPS) is 23.6. The number of H-pyrrole nitrogens is 1. The van der Waals surface area contributed by atoms with Gasteiger partial charge in [-0.25, -0.2) is 0 Å². The van der Waals surface area contributed by atoms with Gasteiger partial charge in [-0.05, 0) is 31.0 Å². The van der Waals surface area contributed by atoms with Crippen LogP contribution in [0.4, 0.5) is 0 Å². The Morgan fingerprint density at radius 1 is 1.28 bits per heavy atom. The van der Waals surface area contributed by atoms with E-state index in [-0.39, 0.29) is 11.8 Å². The summed E-state index contributed by atoms with van der Waals surface area (Å²) < 4.78 is 5.85. The van der Waals surface area contributed by atoms with Gasteiger partial charge in [-0.1, -0.05) is 47.1 Å². The highest BCUT2D eigenvalue weighted by Gasteiger charge is 2.45. The second kappa shape index (κ2) is 8.56. The number of carbonyl (C=O) groups excluding carboxylic acids is 1. The molecule has 1 saturated heterocycles. The van der Waals surface area contributed by atoms with Crippen molar-refractivity contribution in [3.63, 3.8) is 0 Å². The lowest BCUT2D eigenvalue weighted by Crippen LogP contribution is -2.49. The molecule has 32 heavy (non-hydrogen) atoms. The lowest BCUT2D eigenvalue weighted by Gasteiger charge is -2.30. The lowest BCUT2D eigenvalue weighted by atomic mass is 9.93. The molecule has 1 fully saturated rings. The molecule has 0 aliphatic carbocycles. The molecule has 2 aliphatic rings. The average molecular weight is 453 g/mol. The van der Waals surface area contributed by atoms with Crippen molar-refractivity contribution in [3.8, 4) is 0 Å². The first kappa shape index (κ1) is 21.0. The number of carbonyl (C=O) groups is 1. The largest absolute Gasteiger partial charge is 0.379 e. The van der Waals surface area contributed by atoms with Gasteiger partial charge in [0.1, 0.15) is 0 Å². The number of hydrogen-bond acceptors (Lipinski definition) is 5. The zero-order valence-corrected chi connectivity index (χ0v) is 18.6. The first-order valence-corrected chi connectivity index (χ1v) is 11.2. The number of ether oxygens (including phenoxy) is 1. The predicted octanol–water partition coefficient (Wildman–Crippen LogP) is 3.82. The van der Waals surface area contributed by atoms with Crippen LogP contribution in [0.15, 0.2) is 53.8 Å².